The van der Waals surface area contributed by atoms with Crippen molar-refractivity contribution < 1.29 is 19.8 Å². The zero-order valence-electron chi connectivity index (χ0n) is 8.50. The highest BCUT2D eigenvalue weighted by Crippen LogP contribution is 2.00. The molecule has 0 aliphatic carbocycles. The summed E-state index contributed by atoms with van der Waals surface area (Å²) in [5.41, 5.74) is -1.12. The van der Waals surface area contributed by atoms with Crippen LogP contribution < -0.4 is 5.32 Å². The minimum absolute atomic E-state index is 0.315. The number of aliphatic hydroxyl groups is 1. The van der Waals surface area contributed by atoms with Crippen LogP contribution in [0.4, 0.5) is 0 Å². The van der Waals surface area contributed by atoms with Gasteiger partial charge < -0.3 is 15.5 Å². The van der Waals surface area contributed by atoms with Crippen LogP contribution in [0.15, 0.2) is 11.6 Å². The van der Waals surface area contributed by atoms with Crippen molar-refractivity contribution in [2.75, 3.05) is 6.54 Å². The average molecular weight is 201 g/mol. The summed E-state index contributed by atoms with van der Waals surface area (Å²) in [6.45, 7) is 4.30. The third-order valence-corrected chi connectivity index (χ3v) is 1.49. The quantitative estimate of drug-likeness (QED) is 0.554. The van der Waals surface area contributed by atoms with Gasteiger partial charge >= 0.3 is 5.97 Å². The first-order valence-corrected chi connectivity index (χ1v) is 4.14. The Morgan fingerprint density at radius 3 is 2.29 bits per heavy atom. The monoisotopic (exact) mass is 201 g/mol. The predicted molar refractivity (Wildman–Crippen MR) is 50.7 cm³/mol. The van der Waals surface area contributed by atoms with Gasteiger partial charge in [0.25, 0.3) is 0 Å². The summed E-state index contributed by atoms with van der Waals surface area (Å²) in [7, 11) is 0. The van der Waals surface area contributed by atoms with E-state index >= 15 is 0 Å². The molecule has 5 heteroatoms. The van der Waals surface area contributed by atoms with Gasteiger partial charge in [-0.25, -0.2) is 4.79 Å². The van der Waals surface area contributed by atoms with Crippen LogP contribution in [-0.2, 0) is 9.59 Å². The Morgan fingerprint density at radius 1 is 1.43 bits per heavy atom. The molecule has 0 spiro atoms. The minimum Gasteiger partial charge on any atom is -0.479 e. The van der Waals surface area contributed by atoms with E-state index in [4.69, 9.17) is 5.11 Å². The van der Waals surface area contributed by atoms with Crippen LogP contribution in [0.3, 0.4) is 0 Å². The molecule has 0 aromatic rings. The third-order valence-electron chi connectivity index (χ3n) is 1.49. The van der Waals surface area contributed by atoms with Crippen LogP contribution in [0.5, 0.6) is 0 Å². The molecule has 1 amide bonds. The molecule has 0 bridgehead atoms. The molecule has 0 heterocycles. The molecule has 0 radical (unpaired) electrons. The number of carboxylic acid groups (broad SMARTS) is 1. The Labute approximate surface area is 82.4 Å². The minimum atomic E-state index is -1.93. The normalized spacial score (nSPS) is 14.0. The van der Waals surface area contributed by atoms with Crippen molar-refractivity contribution >= 4 is 11.9 Å². The number of hydrogen-bond acceptors (Lipinski definition) is 3. The van der Waals surface area contributed by atoms with Gasteiger partial charge in [0.15, 0.2) is 5.60 Å². The highest BCUT2D eigenvalue weighted by atomic mass is 16.4. The van der Waals surface area contributed by atoms with Crippen molar-refractivity contribution in [1.29, 1.82) is 0 Å². The van der Waals surface area contributed by atoms with Crippen molar-refractivity contribution in [2.45, 2.75) is 26.4 Å². The standard InChI is InChI=1S/C9H15NO4/c1-6(2)4-7(11)10-5-9(3,14)8(12)13/h4,14H,5H2,1-3H3,(H,10,11)(H,12,13). The Bertz CT molecular complexity index is 264. The van der Waals surface area contributed by atoms with Crippen LogP contribution in [0.25, 0.3) is 0 Å². The molecule has 0 fully saturated rings. The number of amides is 1. The maximum Gasteiger partial charge on any atom is 0.337 e. The number of carbonyl (C=O) groups is 2. The molecule has 0 rings (SSSR count). The Hall–Kier alpha value is -1.36. The molecule has 0 saturated carbocycles. The first-order valence-electron chi connectivity index (χ1n) is 4.14. The summed E-state index contributed by atoms with van der Waals surface area (Å²) in [4.78, 5) is 21.5. The topological polar surface area (TPSA) is 86.6 Å². The highest BCUT2D eigenvalue weighted by molar-refractivity contribution is 5.88. The fourth-order valence-electron chi connectivity index (χ4n) is 0.648. The number of aliphatic carboxylic acids is 1. The van der Waals surface area contributed by atoms with Gasteiger partial charge in [0.2, 0.25) is 5.91 Å². The second-order valence-corrected chi connectivity index (χ2v) is 3.52. The largest absolute Gasteiger partial charge is 0.479 e. The van der Waals surface area contributed by atoms with E-state index in [0.29, 0.717) is 0 Å². The van der Waals surface area contributed by atoms with Gasteiger partial charge in [-0.05, 0) is 20.8 Å². The molecule has 0 aromatic carbocycles. The average Bonchev–Trinajstić information content (AvgIpc) is 1.99. The lowest BCUT2D eigenvalue weighted by molar-refractivity contribution is -0.156. The molecule has 80 valence electrons. The van der Waals surface area contributed by atoms with Crippen molar-refractivity contribution in [3.63, 3.8) is 0 Å². The lowest BCUT2D eigenvalue weighted by Gasteiger charge is -2.17. The first-order chi connectivity index (χ1) is 6.25. The van der Waals surface area contributed by atoms with Crippen LogP contribution in [-0.4, -0.2) is 34.2 Å². The zero-order valence-corrected chi connectivity index (χ0v) is 8.50. The van der Waals surface area contributed by atoms with Crippen molar-refractivity contribution in [3.8, 4) is 0 Å². The molecule has 1 unspecified atom stereocenters. The lowest BCUT2D eigenvalue weighted by Crippen LogP contribution is -2.46. The lowest BCUT2D eigenvalue weighted by atomic mass is 10.1. The number of rotatable bonds is 4. The number of hydrogen-bond donors (Lipinski definition) is 3. The summed E-state index contributed by atoms with van der Waals surface area (Å²) in [5, 5.41) is 20.0. The van der Waals surface area contributed by atoms with E-state index in [9.17, 15) is 14.7 Å². The third kappa shape index (κ3) is 4.61. The van der Waals surface area contributed by atoms with E-state index in [2.05, 4.69) is 5.32 Å². The van der Waals surface area contributed by atoms with Gasteiger partial charge in [-0.3, -0.25) is 4.79 Å². The molecule has 0 saturated heterocycles. The first kappa shape index (κ1) is 12.6. The molecule has 0 aliphatic heterocycles. The molecule has 5 nitrogen and oxygen atoms in total. The van der Waals surface area contributed by atoms with Crippen LogP contribution in [0, 0.1) is 0 Å². The van der Waals surface area contributed by atoms with Crippen molar-refractivity contribution in [2.24, 2.45) is 0 Å². The fourth-order valence-corrected chi connectivity index (χ4v) is 0.648. The van der Waals surface area contributed by atoms with Crippen molar-refractivity contribution in [1.82, 2.24) is 5.32 Å². The van der Waals surface area contributed by atoms with Crippen LogP contribution >= 0.6 is 0 Å². The second-order valence-electron chi connectivity index (χ2n) is 3.52. The maximum atomic E-state index is 11.0. The Morgan fingerprint density at radius 2 is 1.93 bits per heavy atom. The molecule has 0 aromatic heterocycles. The maximum absolute atomic E-state index is 11.0. The molecular weight excluding hydrogens is 186 g/mol. The fraction of sp³-hybridized carbons (Fsp3) is 0.556. The Balaban J connectivity index is 4.14. The summed E-state index contributed by atoms with van der Waals surface area (Å²) in [6, 6.07) is 0. The van der Waals surface area contributed by atoms with E-state index in [1.165, 1.54) is 6.08 Å². The van der Waals surface area contributed by atoms with E-state index in [-0.39, 0.29) is 6.54 Å². The van der Waals surface area contributed by atoms with Gasteiger partial charge in [0.05, 0.1) is 6.54 Å². The number of carboxylic acids is 1. The van der Waals surface area contributed by atoms with E-state index in [1.54, 1.807) is 13.8 Å². The van der Waals surface area contributed by atoms with E-state index in [0.717, 1.165) is 12.5 Å². The molecule has 3 N–H and O–H groups in total. The number of carbonyl (C=O) groups excluding carboxylic acids is 1. The predicted octanol–water partition coefficient (Wildman–Crippen LogP) is -0.0956. The van der Waals surface area contributed by atoms with Gasteiger partial charge in [-0.2, -0.15) is 0 Å². The molecular formula is C9H15NO4. The highest BCUT2D eigenvalue weighted by Gasteiger charge is 2.29. The number of allylic oxidation sites excluding steroid dienone is 1. The van der Waals surface area contributed by atoms with E-state index < -0.39 is 17.5 Å². The van der Waals surface area contributed by atoms with Gasteiger partial charge in [-0.1, -0.05) is 5.57 Å². The molecule has 1 atom stereocenters. The van der Waals surface area contributed by atoms with Gasteiger partial charge in [0.1, 0.15) is 0 Å². The Kier molecular flexibility index (Phi) is 4.30. The van der Waals surface area contributed by atoms with Gasteiger partial charge in [-0.15, -0.1) is 0 Å². The summed E-state index contributed by atoms with van der Waals surface area (Å²) in [5.74, 6) is -1.78. The molecule has 14 heavy (non-hydrogen) atoms. The number of nitrogens with one attached hydrogen (secondary N) is 1. The summed E-state index contributed by atoms with van der Waals surface area (Å²) in [6.07, 6.45) is 1.33. The SMILES string of the molecule is CC(C)=CC(=O)NCC(C)(O)C(=O)O. The molecule has 0 aliphatic rings. The second kappa shape index (κ2) is 4.76. The van der Waals surface area contributed by atoms with Crippen LogP contribution in [0.2, 0.25) is 0 Å². The zero-order chi connectivity index (χ0) is 11.4. The van der Waals surface area contributed by atoms with Gasteiger partial charge in [0, 0.05) is 6.08 Å². The van der Waals surface area contributed by atoms with Crippen LogP contribution in [0.1, 0.15) is 20.8 Å². The smallest absolute Gasteiger partial charge is 0.337 e. The van der Waals surface area contributed by atoms with Crippen molar-refractivity contribution in [3.05, 3.63) is 11.6 Å². The van der Waals surface area contributed by atoms with E-state index in [1.807, 2.05) is 0 Å². The summed E-state index contributed by atoms with van der Waals surface area (Å²) >= 11 is 0. The summed E-state index contributed by atoms with van der Waals surface area (Å²) < 4.78 is 0.